The molecule has 16 aromatic carbocycles. The van der Waals surface area contributed by atoms with Crippen LogP contribution in [0.4, 0.5) is 0 Å². The molecular weight excluding hydrogens is 1090 g/mol. The van der Waals surface area contributed by atoms with Crippen LogP contribution in [0.25, 0.3) is 188 Å². The van der Waals surface area contributed by atoms with E-state index in [4.69, 9.17) is 19.9 Å². The van der Waals surface area contributed by atoms with Crippen molar-refractivity contribution < 1.29 is 0 Å². The number of aromatic nitrogens is 6. The lowest BCUT2D eigenvalue weighted by Gasteiger charge is -2.19. The number of para-hydroxylation sites is 2. The predicted octanol–water partition coefficient (Wildman–Crippen LogP) is 21.8. The van der Waals surface area contributed by atoms with E-state index in [2.05, 4.69) is 306 Å². The molecule has 0 radical (unpaired) electrons. The molecule has 90 heavy (non-hydrogen) atoms. The van der Waals surface area contributed by atoms with Gasteiger partial charge in [-0.1, -0.05) is 243 Å². The largest absolute Gasteiger partial charge is 0.292 e. The van der Waals surface area contributed by atoms with Crippen LogP contribution in [0.5, 0.6) is 0 Å². The van der Waals surface area contributed by atoms with Crippen molar-refractivity contribution in [2.75, 3.05) is 0 Å². The highest BCUT2D eigenvalue weighted by atomic mass is 15.1. The van der Waals surface area contributed by atoms with Crippen LogP contribution >= 0.6 is 0 Å². The van der Waals surface area contributed by atoms with Crippen molar-refractivity contribution >= 4 is 97.6 Å². The molecule has 6 heteroatoms. The number of nitrogens with zero attached hydrogens (tertiary/aromatic N) is 6. The van der Waals surface area contributed by atoms with E-state index in [0.717, 1.165) is 117 Å². The maximum absolute atomic E-state index is 5.81. The Morgan fingerprint density at radius 3 is 1.21 bits per heavy atom. The van der Waals surface area contributed by atoms with E-state index in [9.17, 15) is 0 Å². The van der Waals surface area contributed by atoms with E-state index in [1.165, 1.54) is 64.6 Å². The number of benzene rings is 16. The van der Waals surface area contributed by atoms with Crippen LogP contribution in [-0.4, -0.2) is 29.1 Å². The van der Waals surface area contributed by atoms with Gasteiger partial charge >= 0.3 is 0 Å². The minimum absolute atomic E-state index is 0.628. The first-order chi connectivity index (χ1) is 44.6. The van der Waals surface area contributed by atoms with Gasteiger partial charge in [0.2, 0.25) is 0 Å². The number of rotatable bonds is 9. The standard InChI is InChI=1S/C84H50N6/c1-5-15-59(16-6-1)83-85-72-49-61(39-45-74(72)89(83)64-23-9-3-10-24-64)51-27-33-58(34-28-51)82-87-80(62-40-46-75-73(50-62)86-84(60-17-7-2-8-18-60)90(75)65-25-11-4-12-26-65)71-48-63(66-41-35-56-31-29-52-19-13-21-54-37-43-68(66)78(56)76(52)54)47-70(81(71)88-82)67-42-36-57-32-30-53-20-14-22-55-38-44-69(67)79(57)77(53)55/h1-50H. The molecule has 0 aliphatic heterocycles. The van der Waals surface area contributed by atoms with E-state index in [-0.39, 0.29) is 0 Å². The van der Waals surface area contributed by atoms with Gasteiger partial charge in [0.15, 0.2) is 5.82 Å². The van der Waals surface area contributed by atoms with Gasteiger partial charge in [-0.3, -0.25) is 9.13 Å². The van der Waals surface area contributed by atoms with Crippen LogP contribution in [0.15, 0.2) is 303 Å². The molecule has 3 heterocycles. The van der Waals surface area contributed by atoms with Crippen molar-refractivity contribution in [1.82, 2.24) is 29.1 Å². The summed E-state index contributed by atoms with van der Waals surface area (Å²) in [4.78, 5) is 22.4. The van der Waals surface area contributed by atoms with Gasteiger partial charge in [-0.2, -0.15) is 0 Å². The molecule has 19 aromatic rings. The van der Waals surface area contributed by atoms with E-state index in [0.29, 0.717) is 5.82 Å². The lowest BCUT2D eigenvalue weighted by atomic mass is 9.86. The Balaban J connectivity index is 0.858. The fourth-order valence-electron chi connectivity index (χ4n) is 14.4. The molecule has 0 unspecified atom stereocenters. The third-order valence-corrected chi connectivity index (χ3v) is 18.6. The van der Waals surface area contributed by atoms with E-state index in [1.54, 1.807) is 0 Å². The van der Waals surface area contributed by atoms with Crippen molar-refractivity contribution in [2.45, 2.75) is 0 Å². The molecule has 0 spiro atoms. The second-order valence-electron chi connectivity index (χ2n) is 23.7. The molecular formula is C84H50N6. The normalized spacial score (nSPS) is 12.0. The lowest BCUT2D eigenvalue weighted by molar-refractivity contribution is 1.10. The highest BCUT2D eigenvalue weighted by Crippen LogP contribution is 2.47. The number of hydrogen-bond donors (Lipinski definition) is 0. The van der Waals surface area contributed by atoms with Gasteiger partial charge < -0.3 is 0 Å². The van der Waals surface area contributed by atoms with Gasteiger partial charge in [0.1, 0.15) is 11.6 Å². The molecule has 0 fully saturated rings. The van der Waals surface area contributed by atoms with Crippen molar-refractivity contribution in [1.29, 1.82) is 0 Å². The summed E-state index contributed by atoms with van der Waals surface area (Å²) < 4.78 is 4.53. The highest BCUT2D eigenvalue weighted by molar-refractivity contribution is 6.28. The van der Waals surface area contributed by atoms with Crippen LogP contribution in [-0.2, 0) is 0 Å². The fraction of sp³-hybridized carbons (Fsp3) is 0. The Labute approximate surface area is 517 Å². The van der Waals surface area contributed by atoms with Gasteiger partial charge in [0, 0.05) is 44.6 Å². The van der Waals surface area contributed by atoms with Gasteiger partial charge in [-0.25, -0.2) is 19.9 Å². The summed E-state index contributed by atoms with van der Waals surface area (Å²) in [6.45, 7) is 0. The Hall–Kier alpha value is -12.1. The maximum atomic E-state index is 5.81. The molecule has 0 N–H and O–H groups in total. The Morgan fingerprint density at radius 1 is 0.233 bits per heavy atom. The third kappa shape index (κ3) is 7.78. The average Bonchev–Trinajstić information content (AvgIpc) is 1.02. The van der Waals surface area contributed by atoms with Gasteiger partial charge in [0.05, 0.1) is 33.3 Å². The topological polar surface area (TPSA) is 61.4 Å². The Bertz CT molecular complexity index is 6020. The zero-order valence-corrected chi connectivity index (χ0v) is 48.6. The molecule has 0 atom stereocenters. The smallest absolute Gasteiger partial charge is 0.160 e. The lowest BCUT2D eigenvalue weighted by Crippen LogP contribution is -1.99. The molecule has 6 nitrogen and oxygen atoms in total. The summed E-state index contributed by atoms with van der Waals surface area (Å²) >= 11 is 0. The average molecular weight is 1140 g/mol. The van der Waals surface area contributed by atoms with Gasteiger partial charge in [-0.15, -0.1) is 0 Å². The maximum Gasteiger partial charge on any atom is 0.160 e. The molecule has 3 aromatic heterocycles. The molecule has 0 aliphatic rings. The second-order valence-corrected chi connectivity index (χ2v) is 23.7. The van der Waals surface area contributed by atoms with Crippen molar-refractivity contribution in [3.63, 3.8) is 0 Å². The minimum Gasteiger partial charge on any atom is -0.292 e. The molecule has 0 aliphatic carbocycles. The van der Waals surface area contributed by atoms with E-state index in [1.807, 2.05) is 6.07 Å². The van der Waals surface area contributed by atoms with Crippen molar-refractivity contribution in [3.05, 3.63) is 303 Å². The van der Waals surface area contributed by atoms with Crippen LogP contribution in [0, 0.1) is 0 Å². The predicted molar refractivity (Wildman–Crippen MR) is 374 cm³/mol. The first-order valence-electron chi connectivity index (χ1n) is 30.7. The van der Waals surface area contributed by atoms with Crippen LogP contribution in [0.3, 0.4) is 0 Å². The first-order valence-corrected chi connectivity index (χ1v) is 30.7. The quantitative estimate of drug-likeness (QED) is 0.135. The zero-order valence-electron chi connectivity index (χ0n) is 48.6. The fourth-order valence-corrected chi connectivity index (χ4v) is 14.4. The van der Waals surface area contributed by atoms with Crippen LogP contribution < -0.4 is 0 Å². The first kappa shape index (κ1) is 50.1. The summed E-state index contributed by atoms with van der Waals surface area (Å²) in [5.74, 6) is 2.40. The number of hydrogen-bond acceptors (Lipinski definition) is 4. The zero-order chi connectivity index (χ0) is 59.0. The van der Waals surface area contributed by atoms with Crippen LogP contribution in [0.2, 0.25) is 0 Å². The molecule has 0 saturated carbocycles. The van der Waals surface area contributed by atoms with Gasteiger partial charge in [0.25, 0.3) is 0 Å². The van der Waals surface area contributed by atoms with Crippen LogP contribution in [0.1, 0.15) is 0 Å². The second kappa shape index (κ2) is 19.7. The number of imidazole rings is 2. The third-order valence-electron chi connectivity index (χ3n) is 18.6. The molecule has 0 bridgehead atoms. The summed E-state index contributed by atoms with van der Waals surface area (Å²) in [5.41, 5.74) is 18.1. The Morgan fingerprint density at radius 2 is 0.667 bits per heavy atom. The van der Waals surface area contributed by atoms with Crippen molar-refractivity contribution in [2.24, 2.45) is 0 Å². The summed E-state index contributed by atoms with van der Waals surface area (Å²) in [6, 6.07) is 109. The van der Waals surface area contributed by atoms with E-state index >= 15 is 0 Å². The van der Waals surface area contributed by atoms with Crippen molar-refractivity contribution in [3.8, 4) is 90.2 Å². The monoisotopic (exact) mass is 1140 g/mol. The minimum atomic E-state index is 0.628. The highest BCUT2D eigenvalue weighted by Gasteiger charge is 2.24. The summed E-state index contributed by atoms with van der Waals surface area (Å²) in [6.07, 6.45) is 0. The van der Waals surface area contributed by atoms with Gasteiger partial charge in [-0.05, 0) is 153 Å². The molecule has 0 saturated heterocycles. The summed E-state index contributed by atoms with van der Waals surface area (Å²) in [5, 5.41) is 15.8. The SMILES string of the molecule is c1ccc(-c2nc3cc(-c4ccc(-c5nc(-c6ccc7c(c6)nc(-c6ccccc6)n7-c6ccccc6)c6cc(-c7ccc8ccc9cccc%10ccc7c8c9%10)cc(-c7ccc8ccc9cccc%10ccc7c8c9%10)c6n5)cc4)ccc3n2-c2ccccc2)cc1. The van der Waals surface area contributed by atoms with E-state index < -0.39 is 0 Å². The number of fused-ring (bicyclic) bond motifs is 3. The molecule has 416 valence electrons. The Kier molecular flexibility index (Phi) is 11.0. The molecule has 0 amide bonds. The summed E-state index contributed by atoms with van der Waals surface area (Å²) in [7, 11) is 0. The molecule has 19 rings (SSSR count).